The van der Waals surface area contributed by atoms with Crippen molar-refractivity contribution in [2.24, 2.45) is 0 Å². The fraction of sp³-hybridized carbons (Fsp3) is 0.550. The monoisotopic (exact) mass is 577 g/mol. The summed E-state index contributed by atoms with van der Waals surface area (Å²) in [5.74, 6) is -2.60. The van der Waals surface area contributed by atoms with E-state index in [1.54, 1.807) is 34.5 Å². The molecular weight excluding hydrogens is 557 g/mol. The van der Waals surface area contributed by atoms with Crippen LogP contribution in [0.2, 0.25) is 0 Å². The Hall–Kier alpha value is -2.22. The zero-order chi connectivity index (χ0) is 26.8. The minimum atomic E-state index is -5.24. The number of cyclic esters (lactones) is 1. The van der Waals surface area contributed by atoms with Crippen LogP contribution >= 0.6 is 34.8 Å². The molecule has 3 rings (SSSR count). The summed E-state index contributed by atoms with van der Waals surface area (Å²) in [6.07, 6.45) is -10.1. The number of carbonyl (C=O) groups excluding carboxylic acids is 3. The molecule has 1 aromatic carbocycles. The van der Waals surface area contributed by atoms with Gasteiger partial charge in [-0.05, 0) is 24.3 Å². The van der Waals surface area contributed by atoms with Gasteiger partial charge in [0, 0.05) is 31.4 Å². The molecule has 0 aromatic heterocycles. The number of hydrogen-bond acceptors (Lipinski definition) is 6. The molecule has 0 saturated carbocycles. The van der Waals surface area contributed by atoms with Gasteiger partial charge in [-0.25, -0.2) is 14.1 Å². The van der Waals surface area contributed by atoms with E-state index in [9.17, 15) is 27.6 Å². The molecule has 2 N–H and O–H groups in total. The van der Waals surface area contributed by atoms with Crippen LogP contribution in [0, 0.1) is 0 Å². The maximum absolute atomic E-state index is 15.0. The molecule has 1 aromatic rings. The Bertz CT molecular complexity index is 980. The molecule has 9 nitrogen and oxygen atoms in total. The van der Waals surface area contributed by atoms with E-state index in [2.05, 4.69) is 5.32 Å². The first-order chi connectivity index (χ1) is 16.7. The molecule has 200 valence electrons. The number of hydrogen-bond donors (Lipinski definition) is 2. The highest BCUT2D eigenvalue weighted by atomic mass is 35.6. The molecule has 2 fully saturated rings. The summed E-state index contributed by atoms with van der Waals surface area (Å²) in [7, 11) is 0. The molecule has 0 radical (unpaired) electrons. The van der Waals surface area contributed by atoms with E-state index < -0.39 is 40.5 Å². The lowest BCUT2D eigenvalue weighted by atomic mass is 10.2. The van der Waals surface area contributed by atoms with Crippen molar-refractivity contribution in [2.75, 3.05) is 42.5 Å². The first kappa shape index (κ1) is 28.4. The second-order valence-corrected chi connectivity index (χ2v) is 10.5. The van der Waals surface area contributed by atoms with Crippen molar-refractivity contribution >= 4 is 64.1 Å². The predicted molar refractivity (Wildman–Crippen MR) is 125 cm³/mol. The molecule has 2 heterocycles. The van der Waals surface area contributed by atoms with Gasteiger partial charge in [0.15, 0.2) is 6.30 Å². The Balaban J connectivity index is 1.64. The normalized spacial score (nSPS) is 22.3. The van der Waals surface area contributed by atoms with Crippen molar-refractivity contribution in [1.82, 2.24) is 15.5 Å². The van der Waals surface area contributed by atoms with E-state index in [0.717, 1.165) is 4.90 Å². The van der Waals surface area contributed by atoms with Crippen LogP contribution in [0.1, 0.15) is 6.92 Å². The van der Waals surface area contributed by atoms with Crippen LogP contribution in [-0.4, -0.2) is 84.1 Å². The van der Waals surface area contributed by atoms with Crippen LogP contribution in [0.25, 0.3) is 0 Å². The van der Waals surface area contributed by atoms with Crippen molar-refractivity contribution in [3.05, 3.63) is 24.3 Å². The van der Waals surface area contributed by atoms with E-state index in [1.807, 2.05) is 0 Å². The van der Waals surface area contributed by atoms with Crippen LogP contribution < -0.4 is 20.4 Å². The van der Waals surface area contributed by atoms with Crippen molar-refractivity contribution in [3.8, 4) is 0 Å². The van der Waals surface area contributed by atoms with Gasteiger partial charge in [0.1, 0.15) is 12.3 Å². The van der Waals surface area contributed by atoms with Crippen LogP contribution in [0.5, 0.6) is 0 Å². The van der Waals surface area contributed by atoms with Gasteiger partial charge in [-0.1, -0.05) is 34.8 Å². The Morgan fingerprint density at radius 2 is 1.72 bits per heavy atom. The maximum Gasteiger partial charge on any atom is 0.471 e. The van der Waals surface area contributed by atoms with Gasteiger partial charge in [0.05, 0.1) is 19.6 Å². The van der Waals surface area contributed by atoms with Crippen molar-refractivity contribution in [2.45, 2.75) is 35.5 Å². The van der Waals surface area contributed by atoms with Crippen molar-refractivity contribution in [3.63, 3.8) is 0 Å². The number of piperazine rings is 1. The molecular formula is C20H22Cl3F4N5O4. The summed E-state index contributed by atoms with van der Waals surface area (Å²) in [5, 5.41) is 4.13. The molecule has 1 unspecified atom stereocenters. The number of carbonyl (C=O) groups is 3. The fourth-order valence-electron chi connectivity index (χ4n) is 3.78. The second-order valence-electron chi connectivity index (χ2n) is 8.10. The summed E-state index contributed by atoms with van der Waals surface area (Å²) in [6, 6.07) is 6.54. The number of nitrogens with one attached hydrogen (secondary N) is 2. The quantitative estimate of drug-likeness (QED) is 0.306. The summed E-state index contributed by atoms with van der Waals surface area (Å²) in [5.41, 5.74) is 1.10. The zero-order valence-corrected chi connectivity index (χ0v) is 21.0. The van der Waals surface area contributed by atoms with E-state index in [1.165, 1.54) is 11.8 Å². The van der Waals surface area contributed by atoms with Gasteiger partial charge in [-0.2, -0.15) is 13.2 Å². The van der Waals surface area contributed by atoms with Crippen LogP contribution in [0.15, 0.2) is 24.3 Å². The number of benzene rings is 1. The molecule has 3 amide bonds. The number of halogens is 7. The largest absolute Gasteiger partial charge is 0.471 e. The van der Waals surface area contributed by atoms with Crippen molar-refractivity contribution in [1.29, 1.82) is 0 Å². The lowest BCUT2D eigenvalue weighted by Gasteiger charge is -2.44. The Kier molecular flexibility index (Phi) is 8.69. The smallest absolute Gasteiger partial charge is 0.442 e. The second kappa shape index (κ2) is 11.0. The number of nitrogens with zero attached hydrogens (tertiary/aromatic N) is 3. The van der Waals surface area contributed by atoms with Crippen LogP contribution in [0.4, 0.5) is 33.7 Å². The van der Waals surface area contributed by atoms with Gasteiger partial charge in [-0.3, -0.25) is 14.5 Å². The predicted octanol–water partition coefficient (Wildman–Crippen LogP) is 2.94. The topological polar surface area (TPSA) is 94.2 Å². The Labute approximate surface area is 218 Å². The number of anilines is 2. The average Bonchev–Trinajstić information content (AvgIpc) is 3.15. The van der Waals surface area contributed by atoms with Gasteiger partial charge in [0.25, 0.3) is 0 Å². The number of amides is 3. The molecule has 16 heteroatoms. The molecule has 2 aliphatic rings. The Morgan fingerprint density at radius 3 is 2.25 bits per heavy atom. The number of ether oxygens (including phenoxy) is 1. The maximum atomic E-state index is 15.0. The molecule has 3 atom stereocenters. The molecule has 0 bridgehead atoms. The first-order valence-corrected chi connectivity index (χ1v) is 11.7. The van der Waals surface area contributed by atoms with Gasteiger partial charge >= 0.3 is 18.2 Å². The van der Waals surface area contributed by atoms with E-state index in [-0.39, 0.29) is 38.6 Å². The summed E-state index contributed by atoms with van der Waals surface area (Å²) >= 11 is 17.2. The van der Waals surface area contributed by atoms with Gasteiger partial charge in [0.2, 0.25) is 9.70 Å². The van der Waals surface area contributed by atoms with Crippen LogP contribution in [-0.2, 0) is 14.3 Å². The van der Waals surface area contributed by atoms with E-state index >= 15 is 4.39 Å². The fourth-order valence-corrected chi connectivity index (χ4v) is 4.32. The third kappa shape index (κ3) is 6.96. The highest BCUT2D eigenvalue weighted by molar-refractivity contribution is 6.68. The van der Waals surface area contributed by atoms with Gasteiger partial charge in [-0.15, -0.1) is 0 Å². The third-order valence-corrected chi connectivity index (χ3v) is 6.13. The van der Waals surface area contributed by atoms with E-state index in [0.29, 0.717) is 11.4 Å². The number of alkyl halides is 7. The minimum Gasteiger partial charge on any atom is -0.442 e. The highest BCUT2D eigenvalue weighted by Gasteiger charge is 2.48. The molecule has 36 heavy (non-hydrogen) atoms. The van der Waals surface area contributed by atoms with Crippen molar-refractivity contribution < 1.29 is 36.7 Å². The number of rotatable bonds is 6. The first-order valence-electron chi connectivity index (χ1n) is 10.6. The molecule has 2 aliphatic heterocycles. The molecule has 0 spiro atoms. The Morgan fingerprint density at radius 1 is 1.11 bits per heavy atom. The lowest BCUT2D eigenvalue weighted by Crippen LogP contribution is -2.64. The highest BCUT2D eigenvalue weighted by Crippen LogP contribution is 2.35. The molecule has 0 aliphatic carbocycles. The zero-order valence-electron chi connectivity index (χ0n) is 18.7. The standard InChI is InChI=1S/C20H22Cl3F4N5O4/c1-11(33)28-8-14-9-32(18(35)36-14)13-4-2-12(3-5-13)30-6-7-31(15(24)10-30)16(19(21,22)23)29-17(34)20(25,26)27/h2-5,14-16H,6-10H2,1H3,(H,28,33)(H,29,34)/t14?,15-,16-/m1/s1. The lowest BCUT2D eigenvalue weighted by molar-refractivity contribution is -0.176. The summed E-state index contributed by atoms with van der Waals surface area (Å²) in [6.45, 7) is 1.45. The SMILES string of the molecule is CC(=O)NCC1CN(c2ccc(N3CCN([C@@H](NC(=O)C(F)(F)F)C(Cl)(Cl)Cl)[C@@H](F)C3)cc2)C(=O)O1. The summed E-state index contributed by atoms with van der Waals surface area (Å²) in [4.78, 5) is 38.5. The van der Waals surface area contributed by atoms with E-state index in [4.69, 9.17) is 39.5 Å². The average molecular weight is 579 g/mol. The van der Waals surface area contributed by atoms with Gasteiger partial charge < -0.3 is 20.3 Å². The third-order valence-electron chi connectivity index (χ3n) is 5.51. The van der Waals surface area contributed by atoms with Crippen LogP contribution in [0.3, 0.4) is 0 Å². The molecule has 2 saturated heterocycles. The summed E-state index contributed by atoms with van der Waals surface area (Å²) < 4.78 is 55.9. The minimum absolute atomic E-state index is 0.142.